The molecule has 98 valence electrons. The first-order valence-electron chi connectivity index (χ1n) is 6.06. The van der Waals surface area contributed by atoms with Gasteiger partial charge in [-0.2, -0.15) is 5.10 Å². The van der Waals surface area contributed by atoms with Crippen LogP contribution >= 0.6 is 15.9 Å². The topological polar surface area (TPSA) is 57.0 Å². The molecule has 1 atom stereocenters. The standard InChI is InChI=1S/C14H14BrN3O/c1-18-13-5-3-2-4-10(13)12(17-18)8-11(16)9-6-7-19-14(9)15/h2-7,11H,8,16H2,1H3. The predicted octanol–water partition coefficient (Wildman–Crippen LogP) is 3.17. The van der Waals surface area contributed by atoms with E-state index in [0.29, 0.717) is 11.1 Å². The van der Waals surface area contributed by atoms with E-state index >= 15 is 0 Å². The molecule has 1 aromatic carbocycles. The van der Waals surface area contributed by atoms with Gasteiger partial charge in [-0.3, -0.25) is 4.68 Å². The van der Waals surface area contributed by atoms with E-state index in [4.69, 9.17) is 10.2 Å². The number of fused-ring (bicyclic) bond motifs is 1. The summed E-state index contributed by atoms with van der Waals surface area (Å²) in [4.78, 5) is 0. The van der Waals surface area contributed by atoms with Gasteiger partial charge in [-0.25, -0.2) is 0 Å². The van der Waals surface area contributed by atoms with Crippen LogP contribution in [0.4, 0.5) is 0 Å². The first-order valence-corrected chi connectivity index (χ1v) is 6.85. The third kappa shape index (κ3) is 2.19. The number of hydrogen-bond acceptors (Lipinski definition) is 3. The number of hydrogen-bond donors (Lipinski definition) is 1. The molecule has 1 unspecified atom stereocenters. The number of halogens is 1. The van der Waals surface area contributed by atoms with E-state index in [1.165, 1.54) is 0 Å². The second-order valence-corrected chi connectivity index (χ2v) is 5.27. The maximum atomic E-state index is 6.23. The molecule has 0 saturated heterocycles. The van der Waals surface area contributed by atoms with Gasteiger partial charge < -0.3 is 10.2 Å². The van der Waals surface area contributed by atoms with Crippen molar-refractivity contribution in [1.82, 2.24) is 9.78 Å². The van der Waals surface area contributed by atoms with Crippen LogP contribution in [0.5, 0.6) is 0 Å². The van der Waals surface area contributed by atoms with E-state index in [1.807, 2.05) is 29.9 Å². The Kier molecular flexibility index (Phi) is 3.16. The number of benzene rings is 1. The van der Waals surface area contributed by atoms with Gasteiger partial charge in [-0.05, 0) is 28.1 Å². The Morgan fingerprint density at radius 3 is 2.89 bits per heavy atom. The van der Waals surface area contributed by atoms with E-state index in [1.54, 1.807) is 6.26 Å². The summed E-state index contributed by atoms with van der Waals surface area (Å²) in [6.45, 7) is 0. The highest BCUT2D eigenvalue weighted by atomic mass is 79.9. The number of nitrogens with two attached hydrogens (primary N) is 1. The Morgan fingerprint density at radius 1 is 1.37 bits per heavy atom. The van der Waals surface area contributed by atoms with Crippen molar-refractivity contribution in [2.45, 2.75) is 12.5 Å². The van der Waals surface area contributed by atoms with Crippen LogP contribution in [-0.4, -0.2) is 9.78 Å². The van der Waals surface area contributed by atoms with Crippen molar-refractivity contribution in [2.75, 3.05) is 0 Å². The number of para-hydroxylation sites is 1. The van der Waals surface area contributed by atoms with Crippen molar-refractivity contribution in [2.24, 2.45) is 12.8 Å². The summed E-state index contributed by atoms with van der Waals surface area (Å²) in [7, 11) is 1.95. The number of furan rings is 1. The average molecular weight is 320 g/mol. The number of rotatable bonds is 3. The molecule has 0 aliphatic rings. The Hall–Kier alpha value is -1.59. The highest BCUT2D eigenvalue weighted by molar-refractivity contribution is 9.10. The van der Waals surface area contributed by atoms with E-state index in [2.05, 4.69) is 33.2 Å². The smallest absolute Gasteiger partial charge is 0.173 e. The highest BCUT2D eigenvalue weighted by Gasteiger charge is 2.16. The highest BCUT2D eigenvalue weighted by Crippen LogP contribution is 2.27. The fourth-order valence-corrected chi connectivity index (χ4v) is 2.86. The molecule has 19 heavy (non-hydrogen) atoms. The molecule has 2 heterocycles. The summed E-state index contributed by atoms with van der Waals surface area (Å²) >= 11 is 3.36. The van der Waals surface area contributed by atoms with Gasteiger partial charge in [0.15, 0.2) is 4.67 Å². The molecule has 0 bridgehead atoms. The third-order valence-electron chi connectivity index (χ3n) is 3.29. The van der Waals surface area contributed by atoms with Crippen molar-refractivity contribution in [3.05, 3.63) is 52.5 Å². The minimum atomic E-state index is -0.133. The number of aryl methyl sites for hydroxylation is 1. The van der Waals surface area contributed by atoms with Crippen LogP contribution in [0.3, 0.4) is 0 Å². The van der Waals surface area contributed by atoms with E-state index in [-0.39, 0.29) is 6.04 Å². The lowest BCUT2D eigenvalue weighted by Crippen LogP contribution is -2.13. The van der Waals surface area contributed by atoms with Gasteiger partial charge in [0.1, 0.15) is 0 Å². The first-order chi connectivity index (χ1) is 9.16. The first kappa shape index (κ1) is 12.4. The fourth-order valence-electron chi connectivity index (χ4n) is 2.33. The maximum absolute atomic E-state index is 6.23. The second kappa shape index (κ2) is 4.83. The summed E-state index contributed by atoms with van der Waals surface area (Å²) in [5.74, 6) is 0. The molecule has 3 aromatic rings. The number of nitrogens with zero attached hydrogens (tertiary/aromatic N) is 2. The van der Waals surface area contributed by atoms with Crippen LogP contribution in [0, 0.1) is 0 Å². The molecule has 0 aliphatic carbocycles. The van der Waals surface area contributed by atoms with E-state index < -0.39 is 0 Å². The Labute approximate surface area is 119 Å². The van der Waals surface area contributed by atoms with E-state index in [0.717, 1.165) is 22.2 Å². The molecule has 2 N–H and O–H groups in total. The van der Waals surface area contributed by atoms with Crippen LogP contribution in [0.25, 0.3) is 10.9 Å². The molecular formula is C14H14BrN3O. The Morgan fingerprint density at radius 2 is 2.16 bits per heavy atom. The summed E-state index contributed by atoms with van der Waals surface area (Å²) in [6.07, 6.45) is 2.31. The van der Waals surface area contributed by atoms with Crippen LogP contribution in [0.1, 0.15) is 17.3 Å². The zero-order chi connectivity index (χ0) is 13.4. The molecule has 0 spiro atoms. The summed E-state index contributed by atoms with van der Waals surface area (Å²) < 4.78 is 7.81. The minimum Gasteiger partial charge on any atom is -0.457 e. The molecular weight excluding hydrogens is 306 g/mol. The van der Waals surface area contributed by atoms with Gasteiger partial charge in [0.2, 0.25) is 0 Å². The quantitative estimate of drug-likeness (QED) is 0.806. The zero-order valence-electron chi connectivity index (χ0n) is 10.5. The minimum absolute atomic E-state index is 0.133. The fraction of sp³-hybridized carbons (Fsp3) is 0.214. The van der Waals surface area contributed by atoms with Gasteiger partial charge in [-0.15, -0.1) is 0 Å². The predicted molar refractivity (Wildman–Crippen MR) is 77.8 cm³/mol. The third-order valence-corrected chi connectivity index (χ3v) is 3.94. The largest absolute Gasteiger partial charge is 0.457 e. The molecule has 0 radical (unpaired) electrons. The molecule has 0 fully saturated rings. The monoisotopic (exact) mass is 319 g/mol. The summed E-state index contributed by atoms with van der Waals surface area (Å²) in [5, 5.41) is 5.71. The summed E-state index contributed by atoms with van der Waals surface area (Å²) in [6, 6.07) is 9.93. The molecule has 5 heteroatoms. The van der Waals surface area contributed by atoms with Crippen molar-refractivity contribution in [3.8, 4) is 0 Å². The van der Waals surface area contributed by atoms with Crippen molar-refractivity contribution in [3.63, 3.8) is 0 Å². The van der Waals surface area contributed by atoms with Crippen LogP contribution in [0.2, 0.25) is 0 Å². The van der Waals surface area contributed by atoms with Gasteiger partial charge >= 0.3 is 0 Å². The lowest BCUT2D eigenvalue weighted by atomic mass is 10.0. The molecule has 0 saturated carbocycles. The van der Waals surface area contributed by atoms with Gasteiger partial charge in [0.25, 0.3) is 0 Å². The van der Waals surface area contributed by atoms with E-state index in [9.17, 15) is 0 Å². The Balaban J connectivity index is 1.96. The zero-order valence-corrected chi connectivity index (χ0v) is 12.1. The second-order valence-electron chi connectivity index (χ2n) is 4.55. The molecule has 0 aliphatic heterocycles. The van der Waals surface area contributed by atoms with Crippen LogP contribution < -0.4 is 5.73 Å². The van der Waals surface area contributed by atoms with Crippen molar-refractivity contribution < 1.29 is 4.42 Å². The molecule has 3 rings (SSSR count). The van der Waals surface area contributed by atoms with Gasteiger partial charge in [0.05, 0.1) is 17.5 Å². The lowest BCUT2D eigenvalue weighted by Gasteiger charge is -2.08. The van der Waals surface area contributed by atoms with Crippen LogP contribution in [-0.2, 0) is 13.5 Å². The van der Waals surface area contributed by atoms with Crippen molar-refractivity contribution >= 4 is 26.8 Å². The summed E-state index contributed by atoms with van der Waals surface area (Å²) in [5.41, 5.74) is 9.33. The Bertz CT molecular complexity index is 716. The van der Waals surface area contributed by atoms with Gasteiger partial charge in [0, 0.05) is 30.5 Å². The lowest BCUT2D eigenvalue weighted by molar-refractivity contribution is 0.530. The maximum Gasteiger partial charge on any atom is 0.173 e. The average Bonchev–Trinajstić information content (AvgIpc) is 2.95. The van der Waals surface area contributed by atoms with Crippen molar-refractivity contribution in [1.29, 1.82) is 0 Å². The molecule has 4 nitrogen and oxygen atoms in total. The SMILES string of the molecule is Cn1nc(CC(N)c2ccoc2Br)c2ccccc21. The number of aromatic nitrogens is 2. The van der Waals surface area contributed by atoms with Crippen LogP contribution in [0.15, 0.2) is 45.7 Å². The van der Waals surface area contributed by atoms with Gasteiger partial charge in [-0.1, -0.05) is 18.2 Å². The molecule has 2 aromatic heterocycles. The normalized spacial score (nSPS) is 13.0. The molecule has 0 amide bonds.